The number of benzene rings is 1. The summed E-state index contributed by atoms with van der Waals surface area (Å²) in [6.45, 7) is 0.394. The molecule has 1 aromatic carbocycles. The number of ether oxygens (including phenoxy) is 1. The summed E-state index contributed by atoms with van der Waals surface area (Å²) in [5.41, 5.74) is -0.736. The summed E-state index contributed by atoms with van der Waals surface area (Å²) >= 11 is 6.13. The maximum atomic E-state index is 12.9. The lowest BCUT2D eigenvalue weighted by atomic mass is 9.96. The lowest BCUT2D eigenvalue weighted by Crippen LogP contribution is -2.60. The third-order valence-corrected chi connectivity index (χ3v) is 5.75. The Labute approximate surface area is 171 Å². The maximum absolute atomic E-state index is 12.9. The van der Waals surface area contributed by atoms with Crippen LogP contribution in [0.5, 0.6) is 0 Å². The van der Waals surface area contributed by atoms with E-state index in [0.29, 0.717) is 10.6 Å². The number of carboxylic acid groups (broad SMARTS) is 1. The Morgan fingerprint density at radius 2 is 1.79 bits per heavy atom. The Morgan fingerprint density at radius 1 is 1.07 bits per heavy atom. The molecule has 29 heavy (non-hydrogen) atoms. The molecule has 2 amide bonds. The molecule has 152 valence electrons. The zero-order chi connectivity index (χ0) is 20.6. The summed E-state index contributed by atoms with van der Waals surface area (Å²) in [5, 5.41) is 12.0. The van der Waals surface area contributed by atoms with Gasteiger partial charge in [-0.05, 0) is 24.3 Å². The number of hydrogen-bond donors (Lipinski definition) is 0. The van der Waals surface area contributed by atoms with Crippen molar-refractivity contribution in [2.75, 3.05) is 19.7 Å². The summed E-state index contributed by atoms with van der Waals surface area (Å²) in [6.07, 6.45) is 1.87. The van der Waals surface area contributed by atoms with E-state index in [4.69, 9.17) is 20.8 Å². The molecule has 0 unspecified atom stereocenters. The van der Waals surface area contributed by atoms with E-state index >= 15 is 0 Å². The first kappa shape index (κ1) is 19.5. The Balaban J connectivity index is 1.55. The van der Waals surface area contributed by atoms with Gasteiger partial charge in [0.2, 0.25) is 0 Å². The van der Waals surface area contributed by atoms with E-state index in [9.17, 15) is 19.5 Å². The van der Waals surface area contributed by atoms with Crippen LogP contribution in [0, 0.1) is 0 Å². The topological polar surface area (TPSA) is 103 Å². The SMILES string of the molecule is O=C([O-])[C@H]1COC2(CCN(C(=O)c3ccccc3Cl)CC2)N1C(=O)c1ccco1. The molecule has 2 saturated heterocycles. The molecule has 3 heterocycles. The zero-order valence-corrected chi connectivity index (χ0v) is 16.1. The Kier molecular flexibility index (Phi) is 5.06. The summed E-state index contributed by atoms with van der Waals surface area (Å²) in [5.74, 6) is -2.16. The lowest BCUT2D eigenvalue weighted by molar-refractivity contribution is -0.310. The van der Waals surface area contributed by atoms with Crippen LogP contribution in [0.15, 0.2) is 47.1 Å². The Morgan fingerprint density at radius 3 is 2.41 bits per heavy atom. The van der Waals surface area contributed by atoms with Gasteiger partial charge in [-0.15, -0.1) is 0 Å². The highest BCUT2D eigenvalue weighted by molar-refractivity contribution is 6.33. The van der Waals surface area contributed by atoms with Crippen LogP contribution in [0.25, 0.3) is 0 Å². The van der Waals surface area contributed by atoms with Crippen LogP contribution in [-0.4, -0.2) is 59.0 Å². The summed E-state index contributed by atoms with van der Waals surface area (Å²) in [6, 6.07) is 8.58. The molecule has 0 bridgehead atoms. The number of rotatable bonds is 3. The molecule has 8 nitrogen and oxygen atoms in total. The van der Waals surface area contributed by atoms with Gasteiger partial charge in [0.1, 0.15) is 5.72 Å². The van der Waals surface area contributed by atoms with Gasteiger partial charge in [-0.2, -0.15) is 0 Å². The second-order valence-corrected chi connectivity index (χ2v) is 7.42. The highest BCUT2D eigenvalue weighted by atomic mass is 35.5. The molecular formula is C20H18ClN2O6-. The first-order valence-corrected chi connectivity index (χ1v) is 9.56. The minimum Gasteiger partial charge on any atom is -0.548 e. The van der Waals surface area contributed by atoms with E-state index in [1.54, 1.807) is 35.2 Å². The molecule has 0 N–H and O–H groups in total. The molecule has 1 spiro atoms. The third kappa shape index (κ3) is 3.38. The average Bonchev–Trinajstić information content (AvgIpc) is 3.37. The maximum Gasteiger partial charge on any atom is 0.292 e. The predicted octanol–water partition coefficient (Wildman–Crippen LogP) is 1.16. The van der Waals surface area contributed by atoms with Crippen LogP contribution in [0.4, 0.5) is 0 Å². The van der Waals surface area contributed by atoms with Crippen molar-refractivity contribution in [1.29, 1.82) is 0 Å². The van der Waals surface area contributed by atoms with Crippen molar-refractivity contribution in [3.05, 3.63) is 59.0 Å². The van der Waals surface area contributed by atoms with Crippen molar-refractivity contribution >= 4 is 29.4 Å². The summed E-state index contributed by atoms with van der Waals surface area (Å²) in [4.78, 5) is 40.2. The van der Waals surface area contributed by atoms with Gasteiger partial charge < -0.3 is 24.0 Å². The molecule has 0 radical (unpaired) electrons. The molecule has 0 saturated carbocycles. The molecule has 2 aliphatic heterocycles. The van der Waals surface area contributed by atoms with E-state index in [1.165, 1.54) is 17.2 Å². The zero-order valence-electron chi connectivity index (χ0n) is 15.4. The van der Waals surface area contributed by atoms with Gasteiger partial charge in [-0.1, -0.05) is 23.7 Å². The van der Waals surface area contributed by atoms with Crippen molar-refractivity contribution in [3.63, 3.8) is 0 Å². The minimum absolute atomic E-state index is 0.0238. The second-order valence-electron chi connectivity index (χ2n) is 7.02. The van der Waals surface area contributed by atoms with Crippen molar-refractivity contribution < 1.29 is 28.6 Å². The number of furan rings is 1. The molecule has 9 heteroatoms. The van der Waals surface area contributed by atoms with Crippen LogP contribution < -0.4 is 5.11 Å². The predicted molar refractivity (Wildman–Crippen MR) is 98.9 cm³/mol. The smallest absolute Gasteiger partial charge is 0.292 e. The first-order chi connectivity index (χ1) is 13.9. The van der Waals surface area contributed by atoms with Gasteiger partial charge in [0, 0.05) is 25.9 Å². The van der Waals surface area contributed by atoms with Crippen molar-refractivity contribution in [2.45, 2.75) is 24.6 Å². The van der Waals surface area contributed by atoms with Gasteiger partial charge in [0.05, 0.1) is 35.5 Å². The van der Waals surface area contributed by atoms with Crippen LogP contribution in [0.2, 0.25) is 5.02 Å². The van der Waals surface area contributed by atoms with Crippen LogP contribution in [-0.2, 0) is 9.53 Å². The number of hydrogen-bond acceptors (Lipinski definition) is 6. The molecule has 0 aliphatic carbocycles. The normalized spacial score (nSPS) is 20.8. The molecule has 4 rings (SSSR count). The number of piperidine rings is 1. The second kappa shape index (κ2) is 7.53. The molecule has 1 atom stereocenters. The largest absolute Gasteiger partial charge is 0.548 e. The van der Waals surface area contributed by atoms with E-state index in [0.717, 1.165) is 0 Å². The fraction of sp³-hybridized carbons (Fsp3) is 0.350. The number of carboxylic acids is 1. The van der Waals surface area contributed by atoms with Crippen molar-refractivity contribution in [1.82, 2.24) is 9.80 Å². The third-order valence-electron chi connectivity index (χ3n) is 5.42. The first-order valence-electron chi connectivity index (χ1n) is 9.19. The van der Waals surface area contributed by atoms with Crippen molar-refractivity contribution in [2.24, 2.45) is 0 Å². The van der Waals surface area contributed by atoms with E-state index in [-0.39, 0.29) is 44.2 Å². The number of carbonyl (C=O) groups excluding carboxylic acids is 3. The quantitative estimate of drug-likeness (QED) is 0.742. The van der Waals surface area contributed by atoms with E-state index in [2.05, 4.69) is 0 Å². The Hall–Kier alpha value is -2.84. The monoisotopic (exact) mass is 417 g/mol. The number of carbonyl (C=O) groups is 3. The van der Waals surface area contributed by atoms with Crippen molar-refractivity contribution in [3.8, 4) is 0 Å². The average molecular weight is 418 g/mol. The van der Waals surface area contributed by atoms with Gasteiger partial charge >= 0.3 is 0 Å². The summed E-state index contributed by atoms with van der Waals surface area (Å²) in [7, 11) is 0. The van der Waals surface area contributed by atoms with E-state index < -0.39 is 23.6 Å². The standard InChI is InChI=1S/C20H19ClN2O6/c21-14-5-2-1-4-13(14)17(24)22-9-7-20(8-10-22)23(15(12-29-20)19(26)27)18(25)16-6-3-11-28-16/h1-6,11,15H,7-10,12H2,(H,26,27)/p-1/t15-/m1/s1. The molecule has 1 aromatic heterocycles. The minimum atomic E-state index is -1.39. The highest BCUT2D eigenvalue weighted by Gasteiger charge is 2.53. The fourth-order valence-corrected chi connectivity index (χ4v) is 4.15. The van der Waals surface area contributed by atoms with Gasteiger partial charge in [0.15, 0.2) is 5.76 Å². The number of aliphatic carboxylic acids is 1. The number of amides is 2. The van der Waals surface area contributed by atoms with Crippen LogP contribution in [0.3, 0.4) is 0 Å². The number of halogens is 1. The van der Waals surface area contributed by atoms with Gasteiger partial charge in [-0.25, -0.2) is 0 Å². The molecule has 2 fully saturated rings. The lowest BCUT2D eigenvalue weighted by Gasteiger charge is -2.44. The number of nitrogens with zero attached hydrogens (tertiary/aromatic N) is 2. The van der Waals surface area contributed by atoms with E-state index in [1.807, 2.05) is 0 Å². The Bertz CT molecular complexity index is 936. The molecule has 2 aromatic rings. The van der Waals surface area contributed by atoms with Crippen LogP contribution in [0.1, 0.15) is 33.8 Å². The van der Waals surface area contributed by atoms with Gasteiger partial charge in [0.25, 0.3) is 11.8 Å². The highest BCUT2D eigenvalue weighted by Crippen LogP contribution is 2.38. The molecule has 2 aliphatic rings. The fourth-order valence-electron chi connectivity index (χ4n) is 3.93. The van der Waals surface area contributed by atoms with Gasteiger partial charge in [-0.3, -0.25) is 14.5 Å². The van der Waals surface area contributed by atoms with Crippen LogP contribution >= 0.6 is 11.6 Å². The molecular weight excluding hydrogens is 400 g/mol. The number of likely N-dealkylation sites (tertiary alicyclic amines) is 1. The summed E-state index contributed by atoms with van der Waals surface area (Å²) < 4.78 is 11.0.